The molecule has 2 aromatic rings. The van der Waals surface area contributed by atoms with Crippen molar-refractivity contribution in [3.63, 3.8) is 0 Å². The third-order valence-electron chi connectivity index (χ3n) is 5.12. The Balaban J connectivity index is 1.56. The number of aryl methyl sites for hydroxylation is 3. The van der Waals surface area contributed by atoms with Gasteiger partial charge in [-0.15, -0.1) is 0 Å². The summed E-state index contributed by atoms with van der Waals surface area (Å²) in [5, 5.41) is 0. The highest BCUT2D eigenvalue weighted by Crippen LogP contribution is 2.32. The van der Waals surface area contributed by atoms with Gasteiger partial charge in [-0.1, -0.05) is 23.8 Å². The van der Waals surface area contributed by atoms with Crippen LogP contribution in [-0.2, 0) is 11.0 Å². The first-order chi connectivity index (χ1) is 13.6. The van der Waals surface area contributed by atoms with Gasteiger partial charge in [-0.3, -0.25) is 4.79 Å². The van der Waals surface area contributed by atoms with Crippen molar-refractivity contribution >= 4 is 11.6 Å². The Labute approximate surface area is 168 Å². The van der Waals surface area contributed by atoms with Crippen molar-refractivity contribution < 1.29 is 22.7 Å². The SMILES string of the molecule is Cc1cc(C)c(OCC(=O)N2CCN(c3cccc(C(F)(F)F)c3)CC2)c(C)c1. The molecule has 7 heteroatoms. The minimum absolute atomic E-state index is 0.0473. The van der Waals surface area contributed by atoms with E-state index in [0.717, 1.165) is 34.6 Å². The number of alkyl halides is 3. The predicted molar refractivity (Wildman–Crippen MR) is 106 cm³/mol. The summed E-state index contributed by atoms with van der Waals surface area (Å²) in [6.45, 7) is 7.73. The highest BCUT2D eigenvalue weighted by molar-refractivity contribution is 5.78. The lowest BCUT2D eigenvalue weighted by molar-refractivity contribution is -0.137. The van der Waals surface area contributed by atoms with Gasteiger partial charge in [0.25, 0.3) is 5.91 Å². The average Bonchev–Trinajstić information content (AvgIpc) is 2.66. The van der Waals surface area contributed by atoms with E-state index in [4.69, 9.17) is 4.74 Å². The van der Waals surface area contributed by atoms with Crippen molar-refractivity contribution in [3.05, 3.63) is 58.7 Å². The summed E-state index contributed by atoms with van der Waals surface area (Å²) >= 11 is 0. The van der Waals surface area contributed by atoms with Crippen LogP contribution in [0.5, 0.6) is 5.75 Å². The van der Waals surface area contributed by atoms with Crippen LogP contribution in [0.1, 0.15) is 22.3 Å². The van der Waals surface area contributed by atoms with E-state index in [1.54, 1.807) is 11.0 Å². The second-order valence-corrected chi connectivity index (χ2v) is 7.43. The van der Waals surface area contributed by atoms with Crippen LogP contribution in [0.25, 0.3) is 0 Å². The van der Waals surface area contributed by atoms with Crippen LogP contribution in [0.15, 0.2) is 36.4 Å². The molecule has 1 aliphatic rings. The number of carbonyl (C=O) groups excluding carboxylic acids is 1. The first kappa shape index (κ1) is 21.0. The van der Waals surface area contributed by atoms with Crippen LogP contribution in [0.2, 0.25) is 0 Å². The van der Waals surface area contributed by atoms with E-state index < -0.39 is 11.7 Å². The lowest BCUT2D eigenvalue weighted by Gasteiger charge is -2.36. The maximum Gasteiger partial charge on any atom is 0.416 e. The quantitative estimate of drug-likeness (QED) is 0.757. The molecule has 29 heavy (non-hydrogen) atoms. The third kappa shape index (κ3) is 5.02. The summed E-state index contributed by atoms with van der Waals surface area (Å²) in [6.07, 6.45) is -4.36. The van der Waals surface area contributed by atoms with Crippen LogP contribution >= 0.6 is 0 Å². The molecule has 1 amide bonds. The summed E-state index contributed by atoms with van der Waals surface area (Å²) in [6, 6.07) is 9.33. The van der Waals surface area contributed by atoms with Crippen molar-refractivity contribution in [2.75, 3.05) is 37.7 Å². The number of amides is 1. The molecule has 1 saturated heterocycles. The van der Waals surface area contributed by atoms with E-state index in [-0.39, 0.29) is 12.5 Å². The number of hydrogen-bond donors (Lipinski definition) is 0. The Morgan fingerprint density at radius 3 is 2.21 bits per heavy atom. The van der Waals surface area contributed by atoms with Gasteiger partial charge in [0.2, 0.25) is 0 Å². The minimum atomic E-state index is -4.36. The molecule has 0 atom stereocenters. The topological polar surface area (TPSA) is 32.8 Å². The fourth-order valence-electron chi connectivity index (χ4n) is 3.71. The summed E-state index contributed by atoms with van der Waals surface area (Å²) < 4.78 is 44.5. The van der Waals surface area contributed by atoms with E-state index in [1.165, 1.54) is 6.07 Å². The van der Waals surface area contributed by atoms with E-state index in [9.17, 15) is 18.0 Å². The third-order valence-corrected chi connectivity index (χ3v) is 5.12. The normalized spacial score (nSPS) is 14.8. The average molecular weight is 406 g/mol. The number of carbonyl (C=O) groups is 1. The van der Waals surface area contributed by atoms with Gasteiger partial charge in [0, 0.05) is 31.9 Å². The molecule has 0 radical (unpaired) electrons. The van der Waals surface area contributed by atoms with Crippen molar-refractivity contribution in [3.8, 4) is 5.75 Å². The van der Waals surface area contributed by atoms with Crippen LogP contribution in [0.3, 0.4) is 0 Å². The fourth-order valence-corrected chi connectivity index (χ4v) is 3.71. The summed E-state index contributed by atoms with van der Waals surface area (Å²) in [7, 11) is 0. The second kappa shape index (κ2) is 8.35. The molecule has 1 heterocycles. The van der Waals surface area contributed by atoms with Crippen LogP contribution in [0, 0.1) is 20.8 Å². The molecule has 0 bridgehead atoms. The molecule has 0 unspecified atom stereocenters. The molecule has 0 spiro atoms. The maximum absolute atomic E-state index is 12.9. The number of anilines is 1. The number of benzene rings is 2. The molecule has 1 fully saturated rings. The van der Waals surface area contributed by atoms with Crippen LogP contribution in [-0.4, -0.2) is 43.6 Å². The Kier molecular flexibility index (Phi) is 6.05. The van der Waals surface area contributed by atoms with Gasteiger partial charge in [-0.25, -0.2) is 0 Å². The number of piperazine rings is 1. The smallest absolute Gasteiger partial charge is 0.416 e. The standard InChI is InChI=1S/C22H25F3N2O2/c1-15-11-16(2)21(17(3)12-15)29-14-20(28)27-9-7-26(8-10-27)19-6-4-5-18(13-19)22(23,24)25/h4-6,11-13H,7-10,14H2,1-3H3. The second-order valence-electron chi connectivity index (χ2n) is 7.43. The number of nitrogens with zero attached hydrogens (tertiary/aromatic N) is 2. The van der Waals surface area contributed by atoms with E-state index >= 15 is 0 Å². The zero-order valence-corrected chi connectivity index (χ0v) is 16.8. The molecule has 156 valence electrons. The van der Waals surface area contributed by atoms with Gasteiger partial charge in [0.05, 0.1) is 5.56 Å². The number of halogens is 3. The van der Waals surface area contributed by atoms with Gasteiger partial charge >= 0.3 is 6.18 Å². The fraction of sp³-hybridized carbons (Fsp3) is 0.409. The number of rotatable bonds is 4. The van der Waals surface area contributed by atoms with E-state index in [0.29, 0.717) is 31.9 Å². The Hall–Kier alpha value is -2.70. The Bertz CT molecular complexity index is 865. The summed E-state index contributed by atoms with van der Waals surface area (Å²) in [4.78, 5) is 16.1. The summed E-state index contributed by atoms with van der Waals surface area (Å²) in [5.41, 5.74) is 2.98. The van der Waals surface area contributed by atoms with Crippen molar-refractivity contribution in [1.29, 1.82) is 0 Å². The summed E-state index contributed by atoms with van der Waals surface area (Å²) in [5.74, 6) is 0.611. The van der Waals surface area contributed by atoms with Crippen molar-refractivity contribution in [2.45, 2.75) is 26.9 Å². The molecule has 1 aliphatic heterocycles. The Morgan fingerprint density at radius 1 is 1.00 bits per heavy atom. The predicted octanol–water partition coefficient (Wildman–Crippen LogP) is 4.36. The molecule has 0 N–H and O–H groups in total. The number of hydrogen-bond acceptors (Lipinski definition) is 3. The monoisotopic (exact) mass is 406 g/mol. The molecule has 0 aromatic heterocycles. The van der Waals surface area contributed by atoms with Crippen molar-refractivity contribution in [1.82, 2.24) is 4.90 Å². The van der Waals surface area contributed by atoms with Crippen LogP contribution in [0.4, 0.5) is 18.9 Å². The lowest BCUT2D eigenvalue weighted by atomic mass is 10.1. The molecule has 3 rings (SSSR count). The largest absolute Gasteiger partial charge is 0.483 e. The maximum atomic E-state index is 12.9. The van der Waals surface area contributed by atoms with Gasteiger partial charge in [-0.05, 0) is 50.1 Å². The first-order valence-corrected chi connectivity index (χ1v) is 9.56. The molecular weight excluding hydrogens is 381 g/mol. The van der Waals surface area contributed by atoms with E-state index in [2.05, 4.69) is 0 Å². The molecule has 0 saturated carbocycles. The van der Waals surface area contributed by atoms with E-state index in [1.807, 2.05) is 37.8 Å². The van der Waals surface area contributed by atoms with Gasteiger partial charge < -0.3 is 14.5 Å². The molecular formula is C22H25F3N2O2. The first-order valence-electron chi connectivity index (χ1n) is 9.56. The zero-order chi connectivity index (χ0) is 21.2. The molecule has 0 aliphatic carbocycles. The highest BCUT2D eigenvalue weighted by Gasteiger charge is 2.31. The number of ether oxygens (including phenoxy) is 1. The highest BCUT2D eigenvalue weighted by atomic mass is 19.4. The zero-order valence-electron chi connectivity index (χ0n) is 16.8. The minimum Gasteiger partial charge on any atom is -0.483 e. The molecule has 4 nitrogen and oxygen atoms in total. The van der Waals surface area contributed by atoms with Gasteiger partial charge in [0.15, 0.2) is 6.61 Å². The molecule has 2 aromatic carbocycles. The van der Waals surface area contributed by atoms with Gasteiger partial charge in [0.1, 0.15) is 5.75 Å². The lowest BCUT2D eigenvalue weighted by Crippen LogP contribution is -2.50. The Morgan fingerprint density at radius 2 is 1.62 bits per heavy atom. The van der Waals surface area contributed by atoms with Gasteiger partial charge in [-0.2, -0.15) is 13.2 Å². The van der Waals surface area contributed by atoms with Crippen LogP contribution < -0.4 is 9.64 Å². The van der Waals surface area contributed by atoms with Crippen molar-refractivity contribution in [2.24, 2.45) is 0 Å².